The number of urea groups is 1. The Labute approximate surface area is 183 Å². The quantitative estimate of drug-likeness (QED) is 0.555. The number of rotatable bonds is 5. The minimum Gasteiger partial charge on any atom is -0.506 e. The van der Waals surface area contributed by atoms with Crippen LogP contribution in [-0.2, 0) is 4.79 Å². The Kier molecular flexibility index (Phi) is 5.96. The number of aromatic hydroxyl groups is 1. The Morgan fingerprint density at radius 3 is 2.47 bits per heavy atom. The number of aliphatic hydroxyl groups is 1. The summed E-state index contributed by atoms with van der Waals surface area (Å²) in [6, 6.07) is 5.11. The molecular formula is C21H24F2N4O5. The molecule has 1 aromatic carbocycles. The van der Waals surface area contributed by atoms with Crippen LogP contribution in [0, 0.1) is 6.92 Å². The van der Waals surface area contributed by atoms with Crippen LogP contribution in [0.4, 0.5) is 25.1 Å². The molecule has 0 bridgehead atoms. The molecule has 0 aliphatic carbocycles. The number of benzene rings is 1. The first-order valence-corrected chi connectivity index (χ1v) is 9.72. The zero-order valence-corrected chi connectivity index (χ0v) is 17.9. The van der Waals surface area contributed by atoms with Crippen molar-refractivity contribution in [2.75, 3.05) is 16.8 Å². The van der Waals surface area contributed by atoms with Gasteiger partial charge in [0.05, 0.1) is 23.0 Å². The van der Waals surface area contributed by atoms with Crippen LogP contribution in [0.15, 0.2) is 30.3 Å². The van der Waals surface area contributed by atoms with E-state index >= 15 is 0 Å². The fourth-order valence-corrected chi connectivity index (χ4v) is 3.26. The maximum Gasteiger partial charge on any atom is 0.394 e. The third-order valence-corrected chi connectivity index (χ3v) is 4.73. The van der Waals surface area contributed by atoms with Crippen LogP contribution in [0.1, 0.15) is 38.1 Å². The summed E-state index contributed by atoms with van der Waals surface area (Å²) in [4.78, 5) is 30.4. The Bertz CT molecular complexity index is 1030. The van der Waals surface area contributed by atoms with Gasteiger partial charge in [-0.3, -0.25) is 9.69 Å². The third-order valence-electron chi connectivity index (χ3n) is 4.73. The predicted molar refractivity (Wildman–Crippen MR) is 112 cm³/mol. The number of amides is 3. The average molecular weight is 450 g/mol. The van der Waals surface area contributed by atoms with Crippen molar-refractivity contribution in [3.05, 3.63) is 41.6 Å². The molecule has 1 atom stereocenters. The van der Waals surface area contributed by atoms with Crippen molar-refractivity contribution in [2.45, 2.75) is 45.4 Å². The zero-order chi connectivity index (χ0) is 23.8. The number of hydrogen-bond acceptors (Lipinski definition) is 6. The van der Waals surface area contributed by atoms with Gasteiger partial charge in [0.25, 0.3) is 0 Å². The third kappa shape index (κ3) is 5.22. The molecule has 172 valence electrons. The highest BCUT2D eigenvalue weighted by molar-refractivity contribution is 6.08. The first kappa shape index (κ1) is 23.2. The molecule has 2 aromatic rings. The van der Waals surface area contributed by atoms with Crippen LogP contribution >= 0.6 is 0 Å². The monoisotopic (exact) mass is 450 g/mol. The molecular weight excluding hydrogens is 426 g/mol. The van der Waals surface area contributed by atoms with Crippen LogP contribution in [0.25, 0.3) is 0 Å². The number of carbonyl (C=O) groups excluding carboxylic acids is 2. The lowest BCUT2D eigenvalue weighted by molar-refractivity contribution is -0.159. The van der Waals surface area contributed by atoms with E-state index in [9.17, 15) is 28.6 Å². The molecule has 3 rings (SSSR count). The second-order valence-electron chi connectivity index (χ2n) is 8.11. The maximum absolute atomic E-state index is 13.1. The van der Waals surface area contributed by atoms with E-state index in [1.807, 2.05) is 0 Å². The standard InChI is InChI=1S/C21H24F2N4O5/c1-11-15(28)9-14-18(24-11)27(10-16(29)25-14)19(30)26-17(20(2,3)31)12-5-7-13(8-6-12)32-21(4,22)23/h5-9,17,28,31H,10H2,1-4H3,(H,25,29)(H,26,30). The molecule has 2 heterocycles. The number of ether oxygens (including phenoxy) is 1. The molecule has 3 amide bonds. The van der Waals surface area contributed by atoms with Crippen LogP contribution in [0.5, 0.6) is 11.5 Å². The molecule has 9 nitrogen and oxygen atoms in total. The fourth-order valence-electron chi connectivity index (χ4n) is 3.26. The number of hydrogen-bond donors (Lipinski definition) is 4. The Balaban J connectivity index is 1.88. The molecule has 4 N–H and O–H groups in total. The number of aryl methyl sites for hydroxylation is 1. The second-order valence-corrected chi connectivity index (χ2v) is 8.11. The Morgan fingerprint density at radius 1 is 1.28 bits per heavy atom. The Hall–Kier alpha value is -3.47. The van der Waals surface area contributed by atoms with Crippen LogP contribution < -0.4 is 20.3 Å². The van der Waals surface area contributed by atoms with E-state index < -0.39 is 29.7 Å². The molecule has 1 aliphatic heterocycles. The van der Waals surface area contributed by atoms with Crippen molar-refractivity contribution >= 4 is 23.4 Å². The lowest BCUT2D eigenvalue weighted by Crippen LogP contribution is -2.51. The molecule has 11 heteroatoms. The Morgan fingerprint density at radius 2 is 1.91 bits per heavy atom. The minimum absolute atomic E-state index is 0.0804. The number of fused-ring (bicyclic) bond motifs is 1. The van der Waals surface area contributed by atoms with E-state index in [0.29, 0.717) is 12.5 Å². The van der Waals surface area contributed by atoms with Crippen molar-refractivity contribution in [1.82, 2.24) is 10.3 Å². The van der Waals surface area contributed by atoms with Crippen LogP contribution in [-0.4, -0.2) is 45.4 Å². The molecule has 0 fully saturated rings. The number of alkyl halides is 2. The van der Waals surface area contributed by atoms with Gasteiger partial charge < -0.3 is 25.6 Å². The van der Waals surface area contributed by atoms with Gasteiger partial charge in [-0.2, -0.15) is 8.78 Å². The highest BCUT2D eigenvalue weighted by Crippen LogP contribution is 2.33. The summed E-state index contributed by atoms with van der Waals surface area (Å²) in [5.41, 5.74) is -0.596. The van der Waals surface area contributed by atoms with E-state index in [2.05, 4.69) is 20.4 Å². The fraction of sp³-hybridized carbons (Fsp3) is 0.381. The topological polar surface area (TPSA) is 124 Å². The largest absolute Gasteiger partial charge is 0.506 e. The van der Waals surface area contributed by atoms with Gasteiger partial charge in [-0.25, -0.2) is 9.78 Å². The summed E-state index contributed by atoms with van der Waals surface area (Å²) in [5.74, 6) is -0.566. The van der Waals surface area contributed by atoms with E-state index in [-0.39, 0.29) is 35.2 Å². The molecule has 32 heavy (non-hydrogen) atoms. The predicted octanol–water partition coefficient (Wildman–Crippen LogP) is 3.07. The van der Waals surface area contributed by atoms with Crippen molar-refractivity contribution < 1.29 is 33.3 Å². The molecule has 0 saturated heterocycles. The number of halogens is 2. The van der Waals surface area contributed by atoms with Gasteiger partial charge in [0, 0.05) is 13.0 Å². The van der Waals surface area contributed by atoms with Gasteiger partial charge in [0.2, 0.25) is 5.91 Å². The minimum atomic E-state index is -3.35. The zero-order valence-electron chi connectivity index (χ0n) is 17.9. The van der Waals surface area contributed by atoms with Crippen molar-refractivity contribution in [3.63, 3.8) is 0 Å². The van der Waals surface area contributed by atoms with Crippen molar-refractivity contribution in [1.29, 1.82) is 0 Å². The van der Waals surface area contributed by atoms with E-state index in [1.54, 1.807) is 6.92 Å². The van der Waals surface area contributed by atoms with Gasteiger partial charge >= 0.3 is 12.1 Å². The van der Waals surface area contributed by atoms with E-state index in [1.165, 1.54) is 44.2 Å². The summed E-state index contributed by atoms with van der Waals surface area (Å²) in [6.07, 6.45) is -3.35. The van der Waals surface area contributed by atoms with Crippen molar-refractivity contribution in [2.24, 2.45) is 0 Å². The van der Waals surface area contributed by atoms with Gasteiger partial charge in [-0.05, 0) is 38.5 Å². The van der Waals surface area contributed by atoms with Crippen LogP contribution in [0.3, 0.4) is 0 Å². The number of aromatic nitrogens is 1. The summed E-state index contributed by atoms with van der Waals surface area (Å²) in [7, 11) is 0. The van der Waals surface area contributed by atoms with Crippen molar-refractivity contribution in [3.8, 4) is 11.5 Å². The maximum atomic E-state index is 13.1. The van der Waals surface area contributed by atoms with Crippen LogP contribution in [0.2, 0.25) is 0 Å². The summed E-state index contributed by atoms with van der Waals surface area (Å²) in [6.45, 7) is 4.78. The highest BCUT2D eigenvalue weighted by Gasteiger charge is 2.35. The molecule has 0 spiro atoms. The first-order valence-electron chi connectivity index (χ1n) is 9.72. The second kappa shape index (κ2) is 8.23. The van der Waals surface area contributed by atoms with Gasteiger partial charge in [-0.15, -0.1) is 0 Å². The average Bonchev–Trinajstić information content (AvgIpc) is 2.65. The van der Waals surface area contributed by atoms with Gasteiger partial charge in [-0.1, -0.05) is 12.1 Å². The summed E-state index contributed by atoms with van der Waals surface area (Å²) < 4.78 is 30.6. The molecule has 1 aliphatic rings. The van der Waals surface area contributed by atoms with E-state index in [0.717, 1.165) is 4.90 Å². The van der Waals surface area contributed by atoms with Gasteiger partial charge in [0.15, 0.2) is 5.82 Å². The first-order chi connectivity index (χ1) is 14.7. The summed E-state index contributed by atoms with van der Waals surface area (Å²) in [5, 5.41) is 25.7. The highest BCUT2D eigenvalue weighted by atomic mass is 19.3. The molecule has 0 saturated carbocycles. The molecule has 0 radical (unpaired) electrons. The normalized spacial score (nSPS) is 15.0. The molecule has 1 aromatic heterocycles. The lowest BCUT2D eigenvalue weighted by Gasteiger charge is -2.34. The lowest BCUT2D eigenvalue weighted by atomic mass is 9.92. The molecule has 1 unspecified atom stereocenters. The number of nitrogens with one attached hydrogen (secondary N) is 2. The number of anilines is 2. The van der Waals surface area contributed by atoms with Gasteiger partial charge in [0.1, 0.15) is 18.0 Å². The SMILES string of the molecule is Cc1nc2c(cc1O)NC(=O)CN2C(=O)NC(c1ccc(OC(C)(F)F)cc1)C(C)(C)O. The number of carbonyl (C=O) groups is 2. The number of pyridine rings is 1. The van der Waals surface area contributed by atoms with E-state index in [4.69, 9.17) is 0 Å². The summed E-state index contributed by atoms with van der Waals surface area (Å²) >= 11 is 0. The smallest absolute Gasteiger partial charge is 0.394 e. The number of nitrogens with zero attached hydrogens (tertiary/aromatic N) is 2.